The molecule has 0 aliphatic carbocycles. The van der Waals surface area contributed by atoms with Gasteiger partial charge in [-0.15, -0.1) is 11.3 Å². The number of hydrogen-bond donors (Lipinski definition) is 0. The highest BCUT2D eigenvalue weighted by molar-refractivity contribution is 7.18. The number of amides is 1. The first-order valence-electron chi connectivity index (χ1n) is 6.06. The average molecular weight is 319 g/mol. The summed E-state index contributed by atoms with van der Waals surface area (Å²) < 4.78 is 0.443. The summed E-state index contributed by atoms with van der Waals surface area (Å²) in [7, 11) is 1.54. The molecule has 2 aromatic rings. The van der Waals surface area contributed by atoms with Crippen LogP contribution in [-0.2, 0) is 4.79 Å². The molecule has 106 valence electrons. The van der Waals surface area contributed by atoms with Crippen LogP contribution in [-0.4, -0.2) is 18.7 Å². The number of nitrogens with zero attached hydrogens (tertiary/aromatic N) is 2. The second-order valence-electron chi connectivity index (χ2n) is 4.26. The molecule has 0 spiro atoms. The van der Waals surface area contributed by atoms with Gasteiger partial charge in [-0.05, 0) is 24.3 Å². The van der Waals surface area contributed by atoms with Gasteiger partial charge in [-0.25, -0.2) is 0 Å². The predicted molar refractivity (Wildman–Crippen MR) is 82.6 cm³/mol. The Morgan fingerprint density at radius 3 is 2.43 bits per heavy atom. The van der Waals surface area contributed by atoms with Gasteiger partial charge in [-0.1, -0.05) is 29.8 Å². The summed E-state index contributed by atoms with van der Waals surface area (Å²) >= 11 is 6.84. The van der Waals surface area contributed by atoms with Gasteiger partial charge in [0.15, 0.2) is 11.7 Å². The third-order valence-corrected chi connectivity index (χ3v) is 4.17. The number of anilines is 1. The molecule has 4 nitrogen and oxygen atoms in total. The van der Waals surface area contributed by atoms with E-state index in [0.717, 1.165) is 11.3 Å². The van der Waals surface area contributed by atoms with E-state index in [0.29, 0.717) is 14.9 Å². The van der Waals surface area contributed by atoms with Crippen molar-refractivity contribution < 1.29 is 9.59 Å². The van der Waals surface area contributed by atoms with Crippen LogP contribution in [0, 0.1) is 17.2 Å². The zero-order valence-electron chi connectivity index (χ0n) is 11.1. The van der Waals surface area contributed by atoms with Crippen LogP contribution in [0.3, 0.4) is 0 Å². The summed E-state index contributed by atoms with van der Waals surface area (Å²) in [5, 5.41) is 9.18. The fourth-order valence-corrected chi connectivity index (χ4v) is 2.80. The van der Waals surface area contributed by atoms with E-state index >= 15 is 0 Å². The van der Waals surface area contributed by atoms with Crippen LogP contribution in [0.2, 0.25) is 4.34 Å². The van der Waals surface area contributed by atoms with Gasteiger partial charge in [-0.3, -0.25) is 9.59 Å². The first kappa shape index (κ1) is 15.2. The standard InChI is InChI=1S/C15H11ClN2O2S/c1-18(10-5-3-2-4-6-10)15(20)11(9-17)14(19)12-7-8-13(16)21-12/h2-8,11H,1H3. The van der Waals surface area contributed by atoms with Gasteiger partial charge in [0.05, 0.1) is 15.3 Å². The predicted octanol–water partition coefficient (Wildman–Crippen LogP) is 3.39. The second kappa shape index (κ2) is 6.53. The molecule has 0 saturated heterocycles. The number of hydrogen-bond acceptors (Lipinski definition) is 4. The number of carbonyl (C=O) groups is 2. The number of halogens is 1. The number of para-hydroxylation sites is 1. The molecule has 1 amide bonds. The van der Waals surface area contributed by atoms with E-state index < -0.39 is 17.6 Å². The zero-order chi connectivity index (χ0) is 15.4. The Bertz CT molecular complexity index is 706. The summed E-state index contributed by atoms with van der Waals surface area (Å²) in [6.07, 6.45) is 0. The summed E-state index contributed by atoms with van der Waals surface area (Å²) in [5.74, 6) is -2.45. The Kier molecular flexibility index (Phi) is 4.73. The van der Waals surface area contributed by atoms with Crippen molar-refractivity contribution in [2.45, 2.75) is 0 Å². The van der Waals surface area contributed by atoms with Crippen molar-refractivity contribution >= 4 is 40.3 Å². The van der Waals surface area contributed by atoms with E-state index in [1.807, 2.05) is 6.07 Å². The minimum absolute atomic E-state index is 0.307. The minimum atomic E-state index is -1.37. The van der Waals surface area contributed by atoms with Gasteiger partial charge in [0.2, 0.25) is 0 Å². The van der Waals surface area contributed by atoms with Crippen LogP contribution in [0.15, 0.2) is 42.5 Å². The summed E-state index contributed by atoms with van der Waals surface area (Å²) in [6, 6.07) is 13.7. The molecule has 6 heteroatoms. The second-order valence-corrected chi connectivity index (χ2v) is 5.98. The number of rotatable bonds is 4. The summed E-state index contributed by atoms with van der Waals surface area (Å²) in [4.78, 5) is 26.2. The molecule has 1 aromatic carbocycles. The van der Waals surface area contributed by atoms with Crippen molar-refractivity contribution in [3.05, 3.63) is 51.7 Å². The van der Waals surface area contributed by atoms with Gasteiger partial charge in [0.25, 0.3) is 5.91 Å². The number of nitriles is 1. The smallest absolute Gasteiger partial charge is 0.252 e. The van der Waals surface area contributed by atoms with Crippen LogP contribution < -0.4 is 4.90 Å². The Hall–Kier alpha value is -2.16. The third-order valence-electron chi connectivity index (χ3n) is 2.93. The van der Waals surface area contributed by atoms with Gasteiger partial charge < -0.3 is 4.90 Å². The molecule has 1 aromatic heterocycles. The van der Waals surface area contributed by atoms with Crippen molar-refractivity contribution in [2.75, 3.05) is 11.9 Å². The molecule has 0 saturated carbocycles. The maximum absolute atomic E-state index is 12.4. The molecule has 0 aliphatic rings. The van der Waals surface area contributed by atoms with Crippen LogP contribution in [0.4, 0.5) is 5.69 Å². The van der Waals surface area contributed by atoms with E-state index in [1.165, 1.54) is 18.0 Å². The van der Waals surface area contributed by atoms with Crippen LogP contribution in [0.1, 0.15) is 9.67 Å². The monoisotopic (exact) mass is 318 g/mol. The van der Waals surface area contributed by atoms with Crippen molar-refractivity contribution in [1.82, 2.24) is 0 Å². The van der Waals surface area contributed by atoms with Gasteiger partial charge in [0, 0.05) is 12.7 Å². The lowest BCUT2D eigenvalue weighted by Crippen LogP contribution is -2.36. The summed E-state index contributed by atoms with van der Waals surface area (Å²) in [5.41, 5.74) is 0.625. The van der Waals surface area contributed by atoms with E-state index in [-0.39, 0.29) is 0 Å². The number of thiophene rings is 1. The van der Waals surface area contributed by atoms with Gasteiger partial charge >= 0.3 is 0 Å². The normalized spacial score (nSPS) is 11.5. The molecule has 1 heterocycles. The molecule has 1 unspecified atom stereocenters. The van der Waals surface area contributed by atoms with Gasteiger partial charge in [-0.2, -0.15) is 5.26 Å². The first-order chi connectivity index (χ1) is 10.0. The van der Waals surface area contributed by atoms with E-state index in [4.69, 9.17) is 11.6 Å². The van der Waals surface area contributed by atoms with E-state index in [9.17, 15) is 14.9 Å². The largest absolute Gasteiger partial charge is 0.314 e. The number of Topliss-reactive ketones (excluding diaryl/α,β-unsaturated/α-hetero) is 1. The molecule has 0 bridgehead atoms. The number of carbonyl (C=O) groups excluding carboxylic acids is 2. The molecule has 0 N–H and O–H groups in total. The quantitative estimate of drug-likeness (QED) is 0.641. The fraction of sp³-hybridized carbons (Fsp3) is 0.133. The first-order valence-corrected chi connectivity index (χ1v) is 7.26. The molecule has 2 rings (SSSR count). The highest BCUT2D eigenvalue weighted by atomic mass is 35.5. The summed E-state index contributed by atoms with van der Waals surface area (Å²) in [6.45, 7) is 0. The Morgan fingerprint density at radius 2 is 1.90 bits per heavy atom. The maximum atomic E-state index is 12.4. The molecule has 1 atom stereocenters. The van der Waals surface area contributed by atoms with Crippen molar-refractivity contribution in [2.24, 2.45) is 5.92 Å². The Balaban J connectivity index is 2.23. The van der Waals surface area contributed by atoms with E-state index in [2.05, 4.69) is 0 Å². The highest BCUT2D eigenvalue weighted by Crippen LogP contribution is 2.25. The van der Waals surface area contributed by atoms with Crippen molar-refractivity contribution in [3.8, 4) is 6.07 Å². The third kappa shape index (κ3) is 3.30. The van der Waals surface area contributed by atoms with Crippen LogP contribution in [0.5, 0.6) is 0 Å². The fourth-order valence-electron chi connectivity index (χ4n) is 1.79. The lowest BCUT2D eigenvalue weighted by atomic mass is 10.0. The Morgan fingerprint density at radius 1 is 1.24 bits per heavy atom. The van der Waals surface area contributed by atoms with Crippen molar-refractivity contribution in [1.29, 1.82) is 5.26 Å². The maximum Gasteiger partial charge on any atom is 0.252 e. The molecular formula is C15H11ClN2O2S. The SMILES string of the molecule is CN(C(=O)C(C#N)C(=O)c1ccc(Cl)s1)c1ccccc1. The lowest BCUT2D eigenvalue weighted by Gasteiger charge is -2.19. The lowest BCUT2D eigenvalue weighted by molar-refractivity contribution is -0.119. The Labute approximate surface area is 131 Å². The molecule has 0 radical (unpaired) electrons. The molecule has 0 fully saturated rings. The molecule has 0 aliphatic heterocycles. The molecular weight excluding hydrogens is 308 g/mol. The van der Waals surface area contributed by atoms with Gasteiger partial charge in [0.1, 0.15) is 0 Å². The number of benzene rings is 1. The minimum Gasteiger partial charge on any atom is -0.314 e. The highest BCUT2D eigenvalue weighted by Gasteiger charge is 2.31. The van der Waals surface area contributed by atoms with Crippen LogP contribution >= 0.6 is 22.9 Å². The average Bonchev–Trinajstić information content (AvgIpc) is 2.94. The van der Waals surface area contributed by atoms with Crippen LogP contribution in [0.25, 0.3) is 0 Å². The molecule has 21 heavy (non-hydrogen) atoms. The topological polar surface area (TPSA) is 61.2 Å². The zero-order valence-corrected chi connectivity index (χ0v) is 12.7. The van der Waals surface area contributed by atoms with E-state index in [1.54, 1.807) is 36.4 Å². The number of ketones is 1. The van der Waals surface area contributed by atoms with Crippen molar-refractivity contribution in [3.63, 3.8) is 0 Å².